The van der Waals surface area contributed by atoms with E-state index in [0.29, 0.717) is 38.0 Å². The van der Waals surface area contributed by atoms with Gasteiger partial charge in [0.2, 0.25) is 0 Å². The summed E-state index contributed by atoms with van der Waals surface area (Å²) in [6.07, 6.45) is 4.58. The van der Waals surface area contributed by atoms with Gasteiger partial charge in [-0.15, -0.1) is 5.10 Å². The van der Waals surface area contributed by atoms with E-state index in [9.17, 15) is 17.2 Å². The second-order valence-electron chi connectivity index (χ2n) is 10.1. The third-order valence-electron chi connectivity index (χ3n) is 7.60. The average Bonchev–Trinajstić information content (AvgIpc) is 2.87. The third-order valence-corrected chi connectivity index (χ3v) is 9.18. The van der Waals surface area contributed by atoms with E-state index < -0.39 is 22.4 Å². The van der Waals surface area contributed by atoms with Gasteiger partial charge in [0.05, 0.1) is 12.1 Å². The van der Waals surface area contributed by atoms with Crippen molar-refractivity contribution in [2.24, 2.45) is 5.92 Å². The van der Waals surface area contributed by atoms with Crippen LogP contribution in [0.1, 0.15) is 43.6 Å². The van der Waals surface area contributed by atoms with Gasteiger partial charge in [0.25, 0.3) is 10.2 Å². The summed E-state index contributed by atoms with van der Waals surface area (Å²) in [5.41, 5.74) is 1.05. The van der Waals surface area contributed by atoms with Crippen LogP contribution in [0.5, 0.6) is 0 Å². The summed E-state index contributed by atoms with van der Waals surface area (Å²) in [4.78, 5) is 2.06. The first kappa shape index (κ1) is 25.4. The van der Waals surface area contributed by atoms with Crippen molar-refractivity contribution in [2.75, 3.05) is 37.7 Å². The fourth-order valence-corrected chi connectivity index (χ4v) is 6.94. The zero-order valence-corrected chi connectivity index (χ0v) is 21.0. The van der Waals surface area contributed by atoms with E-state index in [1.54, 1.807) is 18.3 Å². The van der Waals surface area contributed by atoms with Gasteiger partial charge in [0.15, 0.2) is 5.82 Å². The van der Waals surface area contributed by atoms with Crippen LogP contribution in [-0.4, -0.2) is 74.0 Å². The molecule has 11 heteroatoms. The van der Waals surface area contributed by atoms with Crippen molar-refractivity contribution in [1.82, 2.24) is 19.2 Å². The van der Waals surface area contributed by atoms with Crippen molar-refractivity contribution in [1.29, 1.82) is 0 Å². The van der Waals surface area contributed by atoms with Crippen LogP contribution >= 0.6 is 0 Å². The highest BCUT2D eigenvalue weighted by molar-refractivity contribution is 7.87. The Kier molecular flexibility index (Phi) is 7.80. The number of piperidine rings is 1. The van der Waals surface area contributed by atoms with Gasteiger partial charge in [-0.3, -0.25) is 0 Å². The molecule has 1 saturated carbocycles. The maximum absolute atomic E-state index is 13.6. The molecule has 196 valence electrons. The molecule has 3 heterocycles. The van der Waals surface area contributed by atoms with Crippen LogP contribution in [0.3, 0.4) is 0 Å². The number of alkyl halides is 1. The number of rotatable bonds is 8. The average molecular weight is 522 g/mol. The van der Waals surface area contributed by atoms with Gasteiger partial charge in [0.1, 0.15) is 12.0 Å². The molecule has 0 bridgehead atoms. The summed E-state index contributed by atoms with van der Waals surface area (Å²) in [6.45, 7) is 1.41. The molecule has 1 aliphatic carbocycles. The number of benzene rings is 1. The summed E-state index contributed by atoms with van der Waals surface area (Å²) in [6, 6.07) is 10.1. The summed E-state index contributed by atoms with van der Waals surface area (Å²) in [7, 11) is -3.77. The van der Waals surface area contributed by atoms with E-state index >= 15 is 0 Å². The largest absolute Gasteiger partial charge is 0.374 e. The molecule has 1 N–H and O–H groups in total. The highest BCUT2D eigenvalue weighted by Gasteiger charge is 2.40. The van der Waals surface area contributed by atoms with Crippen LogP contribution in [0.15, 0.2) is 42.6 Å². The predicted octanol–water partition coefficient (Wildman–Crippen LogP) is 3.04. The molecule has 1 aromatic carbocycles. The Morgan fingerprint density at radius 2 is 1.86 bits per heavy atom. The Labute approximate surface area is 211 Å². The third kappa shape index (κ3) is 6.01. The molecule has 0 amide bonds. The van der Waals surface area contributed by atoms with Crippen molar-refractivity contribution in [3.8, 4) is 0 Å². The van der Waals surface area contributed by atoms with Crippen molar-refractivity contribution in [3.05, 3.63) is 54.0 Å². The minimum absolute atomic E-state index is 0.103. The smallest absolute Gasteiger partial charge is 0.279 e. The molecule has 2 atom stereocenters. The SMILES string of the molecule is O=S(=O)(N[C@H]1CCN(c2cccnn2)C[C@H]1OCC1CCC(c2cccc(F)c2)CC1)N1CC(F)C1. The zero-order valence-electron chi connectivity index (χ0n) is 20.2. The van der Waals surface area contributed by atoms with Gasteiger partial charge in [-0.1, -0.05) is 12.1 Å². The molecule has 2 saturated heterocycles. The molecule has 3 aliphatic rings. The van der Waals surface area contributed by atoms with Crippen LogP contribution in [0.2, 0.25) is 0 Å². The molecule has 5 rings (SSSR count). The lowest BCUT2D eigenvalue weighted by Gasteiger charge is -2.41. The maximum atomic E-state index is 13.6. The summed E-state index contributed by atoms with van der Waals surface area (Å²) in [5.74, 6) is 1.25. The maximum Gasteiger partial charge on any atom is 0.279 e. The molecule has 0 spiro atoms. The number of hydrogen-bond donors (Lipinski definition) is 1. The van der Waals surface area contributed by atoms with Gasteiger partial charge in [-0.2, -0.15) is 22.5 Å². The molecule has 0 unspecified atom stereocenters. The number of halogens is 2. The van der Waals surface area contributed by atoms with Gasteiger partial charge in [-0.05, 0) is 73.8 Å². The first-order valence-corrected chi connectivity index (χ1v) is 14.1. The molecule has 36 heavy (non-hydrogen) atoms. The minimum atomic E-state index is -3.77. The molecule has 2 aliphatic heterocycles. The van der Waals surface area contributed by atoms with Crippen molar-refractivity contribution in [3.63, 3.8) is 0 Å². The Balaban J connectivity index is 1.20. The van der Waals surface area contributed by atoms with Gasteiger partial charge in [0, 0.05) is 39.0 Å². The quantitative estimate of drug-likeness (QED) is 0.575. The minimum Gasteiger partial charge on any atom is -0.374 e. The van der Waals surface area contributed by atoms with E-state index in [4.69, 9.17) is 4.74 Å². The number of aromatic nitrogens is 2. The van der Waals surface area contributed by atoms with Gasteiger partial charge >= 0.3 is 0 Å². The van der Waals surface area contributed by atoms with Crippen LogP contribution in [0.4, 0.5) is 14.6 Å². The van der Waals surface area contributed by atoms with E-state index in [-0.39, 0.29) is 25.0 Å². The van der Waals surface area contributed by atoms with Crippen molar-refractivity contribution in [2.45, 2.75) is 56.3 Å². The number of anilines is 1. The number of ether oxygens (including phenoxy) is 1. The second-order valence-corrected chi connectivity index (χ2v) is 11.8. The Hall–Kier alpha value is -2.21. The molecule has 2 aromatic rings. The lowest BCUT2D eigenvalue weighted by Crippen LogP contribution is -2.61. The standard InChI is InChI=1S/C25H33F2N5O3S/c26-21-4-1-3-20(13-21)19-8-6-18(7-9-19)17-35-24-16-31(25-5-2-11-28-29-25)12-10-23(24)30-36(33,34)32-14-22(27)15-32/h1-5,11,13,18-19,22-24,30H,6-10,12,14-17H2/t18?,19?,23-,24+/m0/s1. The van der Waals surface area contributed by atoms with Crippen LogP contribution in [-0.2, 0) is 14.9 Å². The van der Waals surface area contributed by atoms with Gasteiger partial charge < -0.3 is 9.64 Å². The summed E-state index contributed by atoms with van der Waals surface area (Å²) < 4.78 is 62.7. The lowest BCUT2D eigenvalue weighted by atomic mass is 9.79. The monoisotopic (exact) mass is 521 g/mol. The topological polar surface area (TPSA) is 87.7 Å². The van der Waals surface area contributed by atoms with E-state index in [1.807, 2.05) is 18.2 Å². The number of hydrogen-bond acceptors (Lipinski definition) is 6. The highest BCUT2D eigenvalue weighted by Crippen LogP contribution is 2.36. The van der Waals surface area contributed by atoms with E-state index in [2.05, 4.69) is 19.8 Å². The van der Waals surface area contributed by atoms with Gasteiger partial charge in [-0.25, -0.2) is 8.78 Å². The molecule has 0 radical (unpaired) electrons. The Morgan fingerprint density at radius 1 is 1.06 bits per heavy atom. The Morgan fingerprint density at radius 3 is 2.56 bits per heavy atom. The highest BCUT2D eigenvalue weighted by atomic mass is 32.2. The number of nitrogens with one attached hydrogen (secondary N) is 1. The summed E-state index contributed by atoms with van der Waals surface area (Å²) in [5, 5.41) is 8.15. The zero-order chi connectivity index (χ0) is 25.1. The predicted molar refractivity (Wildman–Crippen MR) is 132 cm³/mol. The number of nitrogens with zero attached hydrogens (tertiary/aromatic N) is 4. The molecule has 8 nitrogen and oxygen atoms in total. The Bertz CT molecular complexity index is 1110. The van der Waals surface area contributed by atoms with Crippen LogP contribution in [0, 0.1) is 11.7 Å². The van der Waals surface area contributed by atoms with Crippen molar-refractivity contribution >= 4 is 16.0 Å². The summed E-state index contributed by atoms with van der Waals surface area (Å²) >= 11 is 0. The van der Waals surface area contributed by atoms with Crippen LogP contribution in [0.25, 0.3) is 0 Å². The first-order chi connectivity index (χ1) is 17.4. The first-order valence-electron chi connectivity index (χ1n) is 12.7. The second kappa shape index (κ2) is 11.0. The molecule has 3 fully saturated rings. The molecule has 1 aromatic heterocycles. The molecular weight excluding hydrogens is 488 g/mol. The normalized spacial score (nSPS) is 28.1. The molecular formula is C25H33F2N5O3S. The van der Waals surface area contributed by atoms with Crippen LogP contribution < -0.4 is 9.62 Å². The lowest BCUT2D eigenvalue weighted by molar-refractivity contribution is -0.00198. The fraction of sp³-hybridized carbons (Fsp3) is 0.600. The fourth-order valence-electron chi connectivity index (χ4n) is 5.42. The van der Waals surface area contributed by atoms with Crippen molar-refractivity contribution < 1.29 is 21.9 Å². The van der Waals surface area contributed by atoms with E-state index in [0.717, 1.165) is 41.4 Å². The van der Waals surface area contributed by atoms with E-state index in [1.165, 1.54) is 6.07 Å².